The number of aliphatic hydroxyl groups excluding tert-OH is 1. The second-order valence-electron chi connectivity index (χ2n) is 4.89. The van der Waals surface area contributed by atoms with E-state index in [1.165, 1.54) is 0 Å². The van der Waals surface area contributed by atoms with Gasteiger partial charge < -0.3 is 5.11 Å². The van der Waals surface area contributed by atoms with E-state index in [4.69, 9.17) is 0 Å². The zero-order valence-electron chi connectivity index (χ0n) is 11.9. The molecule has 3 heteroatoms. The molecule has 0 saturated carbocycles. The zero-order valence-corrected chi connectivity index (χ0v) is 12.8. The average Bonchev–Trinajstić information content (AvgIpc) is 2.55. The SMILES string of the molecule is O=C(CCCSCC(O)c1ccccc1)c1ccccc1. The third-order valence-corrected chi connectivity index (χ3v) is 4.38. The van der Waals surface area contributed by atoms with Gasteiger partial charge in [0.2, 0.25) is 0 Å². The molecule has 2 nitrogen and oxygen atoms in total. The summed E-state index contributed by atoms with van der Waals surface area (Å²) in [5, 5.41) is 10.0. The monoisotopic (exact) mass is 300 g/mol. The van der Waals surface area contributed by atoms with E-state index in [0.717, 1.165) is 23.3 Å². The van der Waals surface area contributed by atoms with E-state index in [-0.39, 0.29) is 5.78 Å². The molecule has 0 aliphatic heterocycles. The first kappa shape index (κ1) is 15.8. The Morgan fingerprint density at radius 3 is 2.29 bits per heavy atom. The van der Waals surface area contributed by atoms with Crippen LogP contribution in [0.25, 0.3) is 0 Å². The number of hydrogen-bond donors (Lipinski definition) is 1. The third-order valence-electron chi connectivity index (χ3n) is 3.25. The van der Waals surface area contributed by atoms with Crippen molar-refractivity contribution >= 4 is 17.5 Å². The van der Waals surface area contributed by atoms with E-state index in [9.17, 15) is 9.90 Å². The summed E-state index contributed by atoms with van der Waals surface area (Å²) in [5.74, 6) is 1.76. The molecule has 0 amide bonds. The Morgan fingerprint density at radius 2 is 1.62 bits per heavy atom. The van der Waals surface area contributed by atoms with Crippen LogP contribution in [-0.4, -0.2) is 22.4 Å². The molecular formula is C18H20O2S. The van der Waals surface area contributed by atoms with Gasteiger partial charge in [-0.1, -0.05) is 60.7 Å². The Morgan fingerprint density at radius 1 is 1.00 bits per heavy atom. The molecular weight excluding hydrogens is 280 g/mol. The van der Waals surface area contributed by atoms with Crippen molar-refractivity contribution in [2.45, 2.75) is 18.9 Å². The molecule has 1 N–H and O–H groups in total. The molecule has 0 bridgehead atoms. The van der Waals surface area contributed by atoms with Crippen LogP contribution in [0.15, 0.2) is 60.7 Å². The van der Waals surface area contributed by atoms with Gasteiger partial charge >= 0.3 is 0 Å². The van der Waals surface area contributed by atoms with Crippen molar-refractivity contribution in [2.75, 3.05) is 11.5 Å². The molecule has 0 fully saturated rings. The Balaban J connectivity index is 1.63. The second-order valence-corrected chi connectivity index (χ2v) is 6.04. The normalized spacial score (nSPS) is 12.0. The van der Waals surface area contributed by atoms with Crippen LogP contribution < -0.4 is 0 Å². The minimum Gasteiger partial charge on any atom is -0.388 e. The lowest BCUT2D eigenvalue weighted by Crippen LogP contribution is -2.02. The van der Waals surface area contributed by atoms with Crippen LogP contribution in [-0.2, 0) is 0 Å². The van der Waals surface area contributed by atoms with Gasteiger partial charge in [0.1, 0.15) is 0 Å². The van der Waals surface area contributed by atoms with Gasteiger partial charge in [-0.25, -0.2) is 0 Å². The summed E-state index contributed by atoms with van der Waals surface area (Å²) in [5.41, 5.74) is 1.73. The lowest BCUT2D eigenvalue weighted by atomic mass is 10.1. The molecule has 0 saturated heterocycles. The highest BCUT2D eigenvalue weighted by molar-refractivity contribution is 7.99. The Bertz CT molecular complexity index is 540. The smallest absolute Gasteiger partial charge is 0.162 e. The number of rotatable bonds is 8. The Labute approximate surface area is 130 Å². The highest BCUT2D eigenvalue weighted by Crippen LogP contribution is 2.19. The molecule has 0 radical (unpaired) electrons. The van der Waals surface area contributed by atoms with Crippen LogP contribution in [0.1, 0.15) is 34.9 Å². The molecule has 2 aromatic carbocycles. The number of aliphatic hydroxyl groups is 1. The van der Waals surface area contributed by atoms with Crippen LogP contribution in [0.4, 0.5) is 0 Å². The van der Waals surface area contributed by atoms with E-state index in [0.29, 0.717) is 12.2 Å². The second kappa shape index (κ2) is 8.65. The van der Waals surface area contributed by atoms with Gasteiger partial charge in [0.15, 0.2) is 5.78 Å². The maximum Gasteiger partial charge on any atom is 0.162 e. The predicted octanol–water partition coefficient (Wildman–Crippen LogP) is 4.12. The first-order valence-corrected chi connectivity index (χ1v) is 8.32. The zero-order chi connectivity index (χ0) is 14.9. The molecule has 110 valence electrons. The topological polar surface area (TPSA) is 37.3 Å². The van der Waals surface area contributed by atoms with Crippen molar-refractivity contribution in [3.8, 4) is 0 Å². The summed E-state index contributed by atoms with van der Waals surface area (Å²) >= 11 is 1.69. The summed E-state index contributed by atoms with van der Waals surface area (Å²) in [7, 11) is 0. The molecule has 0 aromatic heterocycles. The molecule has 21 heavy (non-hydrogen) atoms. The number of ketones is 1. The molecule has 1 atom stereocenters. The minimum absolute atomic E-state index is 0.194. The van der Waals surface area contributed by atoms with Crippen molar-refractivity contribution in [3.63, 3.8) is 0 Å². The first-order valence-electron chi connectivity index (χ1n) is 7.16. The average molecular weight is 300 g/mol. The molecule has 0 aliphatic rings. The van der Waals surface area contributed by atoms with E-state index in [1.807, 2.05) is 60.7 Å². The fourth-order valence-electron chi connectivity index (χ4n) is 2.07. The van der Waals surface area contributed by atoms with Crippen LogP contribution >= 0.6 is 11.8 Å². The summed E-state index contributed by atoms with van der Waals surface area (Å²) in [6, 6.07) is 19.1. The van der Waals surface area contributed by atoms with Gasteiger partial charge in [-0.3, -0.25) is 4.79 Å². The quantitative estimate of drug-likeness (QED) is 0.588. The Kier molecular flexibility index (Phi) is 6.51. The number of thioether (sulfide) groups is 1. The van der Waals surface area contributed by atoms with Gasteiger partial charge in [0.25, 0.3) is 0 Å². The predicted molar refractivity (Wildman–Crippen MR) is 88.7 cm³/mol. The Hall–Kier alpha value is -1.58. The van der Waals surface area contributed by atoms with Crippen molar-refractivity contribution in [1.82, 2.24) is 0 Å². The summed E-state index contributed by atoms with van der Waals surface area (Å²) in [6.07, 6.45) is 0.985. The van der Waals surface area contributed by atoms with Gasteiger partial charge in [0, 0.05) is 17.7 Å². The number of carbonyl (C=O) groups excluding carboxylic acids is 1. The standard InChI is InChI=1S/C18H20O2S/c19-17(15-8-3-1-4-9-15)12-7-13-21-14-18(20)16-10-5-2-6-11-16/h1-6,8-11,18,20H,7,12-14H2. The summed E-state index contributed by atoms with van der Waals surface area (Å²) in [4.78, 5) is 11.9. The molecule has 0 heterocycles. The first-order chi connectivity index (χ1) is 10.3. The molecule has 1 unspecified atom stereocenters. The molecule has 0 aliphatic carbocycles. The number of Topliss-reactive ketones (excluding diaryl/α,β-unsaturated/α-hetero) is 1. The van der Waals surface area contributed by atoms with Gasteiger partial charge in [0.05, 0.1) is 6.10 Å². The number of carbonyl (C=O) groups is 1. The molecule has 2 rings (SSSR count). The lowest BCUT2D eigenvalue weighted by Gasteiger charge is -2.10. The van der Waals surface area contributed by atoms with Crippen LogP contribution in [0, 0.1) is 0 Å². The number of benzene rings is 2. The molecule has 2 aromatic rings. The summed E-state index contributed by atoms with van der Waals surface area (Å²) < 4.78 is 0. The summed E-state index contributed by atoms with van der Waals surface area (Å²) in [6.45, 7) is 0. The minimum atomic E-state index is -0.430. The van der Waals surface area contributed by atoms with E-state index >= 15 is 0 Å². The van der Waals surface area contributed by atoms with Crippen LogP contribution in [0.3, 0.4) is 0 Å². The van der Waals surface area contributed by atoms with E-state index in [1.54, 1.807) is 11.8 Å². The molecule has 0 spiro atoms. The van der Waals surface area contributed by atoms with Gasteiger partial charge in [-0.2, -0.15) is 11.8 Å². The van der Waals surface area contributed by atoms with Crippen molar-refractivity contribution in [2.24, 2.45) is 0 Å². The fourth-order valence-corrected chi connectivity index (χ4v) is 3.00. The fraction of sp³-hybridized carbons (Fsp3) is 0.278. The van der Waals surface area contributed by atoms with Crippen molar-refractivity contribution in [1.29, 1.82) is 0 Å². The lowest BCUT2D eigenvalue weighted by molar-refractivity contribution is 0.0982. The number of hydrogen-bond acceptors (Lipinski definition) is 3. The van der Waals surface area contributed by atoms with Crippen LogP contribution in [0.5, 0.6) is 0 Å². The van der Waals surface area contributed by atoms with E-state index < -0.39 is 6.10 Å². The largest absolute Gasteiger partial charge is 0.388 e. The van der Waals surface area contributed by atoms with Gasteiger partial charge in [-0.15, -0.1) is 0 Å². The maximum atomic E-state index is 11.9. The van der Waals surface area contributed by atoms with E-state index in [2.05, 4.69) is 0 Å². The van der Waals surface area contributed by atoms with Crippen molar-refractivity contribution < 1.29 is 9.90 Å². The maximum absolute atomic E-state index is 11.9. The highest BCUT2D eigenvalue weighted by atomic mass is 32.2. The van der Waals surface area contributed by atoms with Crippen molar-refractivity contribution in [3.05, 3.63) is 71.8 Å². The highest BCUT2D eigenvalue weighted by Gasteiger charge is 2.08. The van der Waals surface area contributed by atoms with Crippen LogP contribution in [0.2, 0.25) is 0 Å². The van der Waals surface area contributed by atoms with Gasteiger partial charge in [-0.05, 0) is 17.7 Å². The third kappa shape index (κ3) is 5.37.